The molecule has 1 saturated heterocycles. The Labute approximate surface area is 126 Å². The molecule has 1 aliphatic heterocycles. The van der Waals surface area contributed by atoms with Crippen LogP contribution in [0.4, 0.5) is 0 Å². The fourth-order valence-electron chi connectivity index (χ4n) is 2.90. The van der Waals surface area contributed by atoms with Gasteiger partial charge in [-0.3, -0.25) is 4.90 Å². The number of halogens is 1. The number of rotatable bonds is 4. The molecule has 1 fully saturated rings. The van der Waals surface area contributed by atoms with Gasteiger partial charge in [-0.2, -0.15) is 0 Å². The largest absolute Gasteiger partial charge is 0.310 e. The molecule has 0 saturated carbocycles. The Balaban J connectivity index is 2.11. The predicted octanol–water partition coefficient (Wildman–Crippen LogP) is 4.14. The van der Waals surface area contributed by atoms with Gasteiger partial charge in [-0.1, -0.05) is 25.4 Å². The summed E-state index contributed by atoms with van der Waals surface area (Å²) in [5, 5.41) is 3.78. The van der Waals surface area contributed by atoms with Gasteiger partial charge in [0.05, 0.1) is 4.34 Å². The zero-order valence-electron chi connectivity index (χ0n) is 12.2. The average molecular weight is 301 g/mol. The van der Waals surface area contributed by atoms with Crippen LogP contribution in [0.1, 0.15) is 44.9 Å². The van der Waals surface area contributed by atoms with E-state index >= 15 is 0 Å². The Morgan fingerprint density at radius 1 is 1.42 bits per heavy atom. The van der Waals surface area contributed by atoms with Gasteiger partial charge < -0.3 is 5.32 Å². The molecule has 0 spiro atoms. The standard InChI is InChI=1S/C15H25ClN2S/c1-4-15(5-2)11-18(12(3)8-9-17-15)10-13-6-7-14(16)19-13/h6-7,12,17H,4-5,8-11H2,1-3H3. The first kappa shape index (κ1) is 15.3. The van der Waals surface area contributed by atoms with Crippen LogP contribution in [0.5, 0.6) is 0 Å². The van der Waals surface area contributed by atoms with Gasteiger partial charge in [-0.05, 0) is 44.9 Å². The quantitative estimate of drug-likeness (QED) is 0.899. The van der Waals surface area contributed by atoms with E-state index in [4.69, 9.17) is 11.6 Å². The van der Waals surface area contributed by atoms with E-state index in [1.165, 1.54) is 24.1 Å². The summed E-state index contributed by atoms with van der Waals surface area (Å²) in [5.41, 5.74) is 0.284. The molecule has 0 amide bonds. The van der Waals surface area contributed by atoms with Gasteiger partial charge in [0.15, 0.2) is 0 Å². The molecule has 1 atom stereocenters. The molecular formula is C15H25ClN2S. The highest BCUT2D eigenvalue weighted by molar-refractivity contribution is 7.16. The molecule has 2 nitrogen and oxygen atoms in total. The molecule has 2 heterocycles. The minimum atomic E-state index is 0.284. The van der Waals surface area contributed by atoms with Crippen molar-refractivity contribution in [2.24, 2.45) is 0 Å². The van der Waals surface area contributed by atoms with E-state index in [1.807, 2.05) is 6.07 Å². The molecular weight excluding hydrogens is 276 g/mol. The Kier molecular flexibility index (Phi) is 5.29. The fraction of sp³-hybridized carbons (Fsp3) is 0.733. The van der Waals surface area contributed by atoms with Crippen LogP contribution in [0, 0.1) is 0 Å². The molecule has 1 aromatic heterocycles. The maximum atomic E-state index is 6.04. The monoisotopic (exact) mass is 300 g/mol. The third-order valence-electron chi connectivity index (χ3n) is 4.53. The summed E-state index contributed by atoms with van der Waals surface area (Å²) in [6.07, 6.45) is 3.61. The van der Waals surface area contributed by atoms with Crippen LogP contribution in [0.25, 0.3) is 0 Å². The van der Waals surface area contributed by atoms with Crippen molar-refractivity contribution in [3.05, 3.63) is 21.3 Å². The summed E-state index contributed by atoms with van der Waals surface area (Å²) >= 11 is 7.75. The second-order valence-electron chi connectivity index (χ2n) is 5.66. The number of nitrogens with one attached hydrogen (secondary N) is 1. The number of hydrogen-bond donors (Lipinski definition) is 1. The zero-order chi connectivity index (χ0) is 13.9. The van der Waals surface area contributed by atoms with E-state index < -0.39 is 0 Å². The van der Waals surface area contributed by atoms with Crippen molar-refractivity contribution in [2.75, 3.05) is 13.1 Å². The van der Waals surface area contributed by atoms with Crippen molar-refractivity contribution in [2.45, 2.75) is 58.2 Å². The SMILES string of the molecule is CCC1(CC)CN(Cc2ccc(Cl)s2)C(C)CCN1. The van der Waals surface area contributed by atoms with E-state index in [-0.39, 0.29) is 5.54 Å². The summed E-state index contributed by atoms with van der Waals surface area (Å²) in [6.45, 7) is 10.2. The second kappa shape index (κ2) is 6.57. The van der Waals surface area contributed by atoms with Crippen LogP contribution in [0.2, 0.25) is 4.34 Å². The van der Waals surface area contributed by atoms with Crippen molar-refractivity contribution in [1.29, 1.82) is 0 Å². The van der Waals surface area contributed by atoms with Crippen molar-refractivity contribution in [1.82, 2.24) is 10.2 Å². The van der Waals surface area contributed by atoms with Gasteiger partial charge in [-0.25, -0.2) is 0 Å². The van der Waals surface area contributed by atoms with Crippen molar-refractivity contribution < 1.29 is 0 Å². The Morgan fingerprint density at radius 2 is 2.16 bits per heavy atom. The molecule has 0 bridgehead atoms. The van der Waals surface area contributed by atoms with Gasteiger partial charge in [0.2, 0.25) is 0 Å². The minimum Gasteiger partial charge on any atom is -0.310 e. The summed E-state index contributed by atoms with van der Waals surface area (Å²) in [5.74, 6) is 0. The third kappa shape index (κ3) is 3.72. The van der Waals surface area contributed by atoms with Crippen LogP contribution >= 0.6 is 22.9 Å². The van der Waals surface area contributed by atoms with Crippen LogP contribution in [0.15, 0.2) is 12.1 Å². The van der Waals surface area contributed by atoms with Crippen molar-refractivity contribution in [3.63, 3.8) is 0 Å². The molecule has 1 aromatic rings. The van der Waals surface area contributed by atoms with Gasteiger partial charge in [-0.15, -0.1) is 11.3 Å². The lowest BCUT2D eigenvalue weighted by Gasteiger charge is -2.37. The molecule has 4 heteroatoms. The minimum absolute atomic E-state index is 0.284. The summed E-state index contributed by atoms with van der Waals surface area (Å²) in [6, 6.07) is 4.81. The number of thiophene rings is 1. The summed E-state index contributed by atoms with van der Waals surface area (Å²) in [4.78, 5) is 4.00. The molecule has 2 rings (SSSR count). The lowest BCUT2D eigenvalue weighted by Crippen LogP contribution is -2.51. The normalized spacial score (nSPS) is 24.3. The molecule has 1 unspecified atom stereocenters. The Bertz CT molecular complexity index is 401. The summed E-state index contributed by atoms with van der Waals surface area (Å²) in [7, 11) is 0. The van der Waals surface area contributed by atoms with Crippen LogP contribution in [-0.4, -0.2) is 29.6 Å². The average Bonchev–Trinajstić information content (AvgIpc) is 2.74. The first-order valence-electron chi connectivity index (χ1n) is 7.32. The van der Waals surface area contributed by atoms with Crippen LogP contribution < -0.4 is 5.32 Å². The van der Waals surface area contributed by atoms with Gasteiger partial charge in [0.25, 0.3) is 0 Å². The molecule has 0 aromatic carbocycles. The molecule has 1 N–H and O–H groups in total. The predicted molar refractivity (Wildman–Crippen MR) is 85.1 cm³/mol. The maximum Gasteiger partial charge on any atom is 0.0931 e. The molecule has 0 aliphatic carbocycles. The lowest BCUT2D eigenvalue weighted by atomic mass is 9.92. The highest BCUT2D eigenvalue weighted by Gasteiger charge is 2.32. The second-order valence-corrected chi connectivity index (χ2v) is 7.46. The first-order valence-corrected chi connectivity index (χ1v) is 8.51. The Morgan fingerprint density at radius 3 is 2.74 bits per heavy atom. The maximum absolute atomic E-state index is 6.04. The molecule has 19 heavy (non-hydrogen) atoms. The van der Waals surface area contributed by atoms with Crippen LogP contribution in [-0.2, 0) is 6.54 Å². The zero-order valence-corrected chi connectivity index (χ0v) is 13.8. The van der Waals surface area contributed by atoms with Gasteiger partial charge in [0, 0.05) is 29.5 Å². The first-order chi connectivity index (χ1) is 9.08. The highest BCUT2D eigenvalue weighted by Crippen LogP contribution is 2.27. The topological polar surface area (TPSA) is 15.3 Å². The summed E-state index contributed by atoms with van der Waals surface area (Å²) < 4.78 is 0.896. The molecule has 108 valence electrons. The van der Waals surface area contributed by atoms with Crippen LogP contribution in [0.3, 0.4) is 0 Å². The van der Waals surface area contributed by atoms with Crippen molar-refractivity contribution >= 4 is 22.9 Å². The fourth-order valence-corrected chi connectivity index (χ4v) is 4.01. The van der Waals surface area contributed by atoms with Crippen molar-refractivity contribution in [3.8, 4) is 0 Å². The van der Waals surface area contributed by atoms with E-state index in [1.54, 1.807) is 11.3 Å². The third-order valence-corrected chi connectivity index (χ3v) is 5.75. The highest BCUT2D eigenvalue weighted by atomic mass is 35.5. The lowest BCUT2D eigenvalue weighted by molar-refractivity contribution is 0.153. The number of hydrogen-bond acceptors (Lipinski definition) is 3. The van der Waals surface area contributed by atoms with Gasteiger partial charge in [0.1, 0.15) is 0 Å². The van der Waals surface area contributed by atoms with E-state index in [9.17, 15) is 0 Å². The number of nitrogens with zero attached hydrogens (tertiary/aromatic N) is 1. The molecule has 1 aliphatic rings. The Hall–Kier alpha value is -0.0900. The van der Waals surface area contributed by atoms with E-state index in [0.717, 1.165) is 24.0 Å². The van der Waals surface area contributed by atoms with E-state index in [0.29, 0.717) is 6.04 Å². The smallest absolute Gasteiger partial charge is 0.0931 e. The van der Waals surface area contributed by atoms with E-state index in [2.05, 4.69) is 37.1 Å². The van der Waals surface area contributed by atoms with Gasteiger partial charge >= 0.3 is 0 Å². The molecule has 0 radical (unpaired) electrons.